The van der Waals surface area contributed by atoms with Gasteiger partial charge in [-0.3, -0.25) is 9.10 Å². The Balaban J connectivity index is 3.03. The Labute approximate surface area is 126 Å². The number of hydrogen-bond donors (Lipinski definition) is 1. The van der Waals surface area contributed by atoms with Crippen LogP contribution in [0.4, 0.5) is 5.69 Å². The second-order valence-electron chi connectivity index (χ2n) is 4.60. The molecule has 6 nitrogen and oxygen atoms in total. The van der Waals surface area contributed by atoms with E-state index in [0.29, 0.717) is 25.3 Å². The molecule has 0 aliphatic rings. The SMILES string of the molecule is CCC(C(=O)NCCOC)N(c1ccccc1)S(C)(=O)=O. The van der Waals surface area contributed by atoms with Crippen LogP contribution in [0.15, 0.2) is 30.3 Å². The summed E-state index contributed by atoms with van der Waals surface area (Å²) in [6.07, 6.45) is 1.48. The van der Waals surface area contributed by atoms with Gasteiger partial charge in [0.15, 0.2) is 0 Å². The van der Waals surface area contributed by atoms with Crippen LogP contribution in [-0.4, -0.2) is 46.9 Å². The number of sulfonamides is 1. The van der Waals surface area contributed by atoms with Gasteiger partial charge in [0.1, 0.15) is 6.04 Å². The monoisotopic (exact) mass is 314 g/mol. The summed E-state index contributed by atoms with van der Waals surface area (Å²) in [6, 6.07) is 7.84. The summed E-state index contributed by atoms with van der Waals surface area (Å²) in [5.74, 6) is -0.330. The maximum atomic E-state index is 12.2. The molecule has 0 bridgehead atoms. The molecule has 0 saturated carbocycles. The molecular weight excluding hydrogens is 292 g/mol. The molecule has 1 aromatic rings. The standard InChI is InChI=1S/C14H22N2O4S/c1-4-13(14(17)15-10-11-20-2)16(21(3,18)19)12-8-6-5-7-9-12/h5-9,13H,4,10-11H2,1-3H3,(H,15,17). The Morgan fingerprint density at radius 1 is 1.33 bits per heavy atom. The van der Waals surface area contributed by atoms with Crippen LogP contribution in [-0.2, 0) is 19.6 Å². The van der Waals surface area contributed by atoms with Crippen LogP contribution in [0.25, 0.3) is 0 Å². The summed E-state index contributed by atoms with van der Waals surface area (Å²) in [6.45, 7) is 2.51. The minimum absolute atomic E-state index is 0.330. The van der Waals surface area contributed by atoms with Gasteiger partial charge in [-0.05, 0) is 18.6 Å². The first-order chi connectivity index (χ1) is 9.91. The fraction of sp³-hybridized carbons (Fsp3) is 0.500. The highest BCUT2D eigenvalue weighted by atomic mass is 32.2. The molecule has 21 heavy (non-hydrogen) atoms. The lowest BCUT2D eigenvalue weighted by Crippen LogP contribution is -2.49. The molecule has 0 fully saturated rings. The number of carbonyl (C=O) groups is 1. The number of ether oxygens (including phenoxy) is 1. The largest absolute Gasteiger partial charge is 0.383 e. The zero-order chi connectivity index (χ0) is 15.9. The van der Waals surface area contributed by atoms with E-state index in [-0.39, 0.29) is 5.91 Å². The predicted molar refractivity (Wildman–Crippen MR) is 82.7 cm³/mol. The first kappa shape index (κ1) is 17.5. The van der Waals surface area contributed by atoms with Crippen LogP contribution >= 0.6 is 0 Å². The molecule has 0 heterocycles. The number of nitrogens with one attached hydrogen (secondary N) is 1. The summed E-state index contributed by atoms with van der Waals surface area (Å²) in [5, 5.41) is 2.69. The maximum Gasteiger partial charge on any atom is 0.243 e. The quantitative estimate of drug-likeness (QED) is 0.726. The van der Waals surface area contributed by atoms with Crippen molar-refractivity contribution in [1.29, 1.82) is 0 Å². The third-order valence-corrected chi connectivity index (χ3v) is 4.13. The van der Waals surface area contributed by atoms with Crippen LogP contribution in [0.1, 0.15) is 13.3 Å². The number of anilines is 1. The van der Waals surface area contributed by atoms with Gasteiger partial charge in [0, 0.05) is 13.7 Å². The van der Waals surface area contributed by atoms with E-state index in [0.717, 1.165) is 10.6 Å². The molecule has 0 aliphatic heterocycles. The van der Waals surface area contributed by atoms with Crippen LogP contribution < -0.4 is 9.62 Å². The first-order valence-electron chi connectivity index (χ1n) is 6.73. The maximum absolute atomic E-state index is 12.2. The number of amides is 1. The second-order valence-corrected chi connectivity index (χ2v) is 6.46. The van der Waals surface area contributed by atoms with Crippen molar-refractivity contribution in [3.8, 4) is 0 Å². The number of rotatable bonds is 8. The molecule has 0 radical (unpaired) electrons. The minimum atomic E-state index is -3.56. The van der Waals surface area contributed by atoms with Crippen molar-refractivity contribution in [1.82, 2.24) is 5.32 Å². The number of nitrogens with zero attached hydrogens (tertiary/aromatic N) is 1. The van der Waals surface area contributed by atoms with Crippen LogP contribution in [0, 0.1) is 0 Å². The lowest BCUT2D eigenvalue weighted by molar-refractivity contribution is -0.122. The molecule has 1 N–H and O–H groups in total. The number of hydrogen-bond acceptors (Lipinski definition) is 4. The van der Waals surface area contributed by atoms with Crippen LogP contribution in [0.2, 0.25) is 0 Å². The fourth-order valence-electron chi connectivity index (χ4n) is 2.03. The Bertz CT molecular complexity index is 545. The third kappa shape index (κ3) is 5.02. The van der Waals surface area contributed by atoms with Crippen LogP contribution in [0.5, 0.6) is 0 Å². The van der Waals surface area contributed by atoms with E-state index in [1.54, 1.807) is 37.3 Å². The molecule has 1 rings (SSSR count). The Morgan fingerprint density at radius 3 is 2.43 bits per heavy atom. The fourth-order valence-corrected chi connectivity index (χ4v) is 3.24. The number of carbonyl (C=O) groups excluding carboxylic acids is 1. The molecule has 1 aromatic carbocycles. The zero-order valence-electron chi connectivity index (χ0n) is 12.6. The molecule has 0 spiro atoms. The summed E-state index contributed by atoms with van der Waals surface area (Å²) in [4.78, 5) is 12.2. The topological polar surface area (TPSA) is 75.7 Å². The molecule has 7 heteroatoms. The Kier molecular flexibility index (Phi) is 6.64. The molecule has 0 saturated heterocycles. The number of benzene rings is 1. The normalized spacial score (nSPS) is 12.7. The third-order valence-electron chi connectivity index (χ3n) is 2.95. The zero-order valence-corrected chi connectivity index (χ0v) is 13.4. The lowest BCUT2D eigenvalue weighted by atomic mass is 10.2. The van der Waals surface area contributed by atoms with Crippen molar-refractivity contribution in [2.75, 3.05) is 30.8 Å². The summed E-state index contributed by atoms with van der Waals surface area (Å²) in [5.41, 5.74) is 0.480. The van der Waals surface area contributed by atoms with Crippen LogP contribution in [0.3, 0.4) is 0 Å². The van der Waals surface area contributed by atoms with Crippen molar-refractivity contribution < 1.29 is 17.9 Å². The Hall–Kier alpha value is -1.60. The van der Waals surface area contributed by atoms with Crippen molar-refractivity contribution in [2.45, 2.75) is 19.4 Å². The van der Waals surface area contributed by atoms with E-state index in [1.807, 2.05) is 0 Å². The van der Waals surface area contributed by atoms with Crippen molar-refractivity contribution >= 4 is 21.6 Å². The molecule has 118 valence electrons. The van der Waals surface area contributed by atoms with E-state index in [4.69, 9.17) is 4.74 Å². The average Bonchev–Trinajstić information content (AvgIpc) is 2.44. The van der Waals surface area contributed by atoms with E-state index in [2.05, 4.69) is 5.32 Å². The van der Waals surface area contributed by atoms with Gasteiger partial charge in [-0.2, -0.15) is 0 Å². The second kappa shape index (κ2) is 7.99. The molecule has 1 atom stereocenters. The van der Waals surface area contributed by atoms with Gasteiger partial charge < -0.3 is 10.1 Å². The van der Waals surface area contributed by atoms with Gasteiger partial charge in [0.2, 0.25) is 15.9 Å². The van der Waals surface area contributed by atoms with E-state index in [1.165, 1.54) is 7.11 Å². The summed E-state index contributed by atoms with van der Waals surface area (Å²) < 4.78 is 30.2. The number of para-hydroxylation sites is 1. The average molecular weight is 314 g/mol. The predicted octanol–water partition coefficient (Wildman–Crippen LogP) is 0.994. The van der Waals surface area contributed by atoms with Gasteiger partial charge in [-0.25, -0.2) is 8.42 Å². The van der Waals surface area contributed by atoms with Gasteiger partial charge in [0.05, 0.1) is 18.6 Å². The highest BCUT2D eigenvalue weighted by Crippen LogP contribution is 2.21. The molecule has 0 aliphatic carbocycles. The minimum Gasteiger partial charge on any atom is -0.383 e. The molecule has 0 aromatic heterocycles. The Morgan fingerprint density at radius 2 is 1.95 bits per heavy atom. The highest BCUT2D eigenvalue weighted by molar-refractivity contribution is 7.92. The van der Waals surface area contributed by atoms with E-state index >= 15 is 0 Å². The van der Waals surface area contributed by atoms with Gasteiger partial charge in [-0.15, -0.1) is 0 Å². The lowest BCUT2D eigenvalue weighted by Gasteiger charge is -2.30. The van der Waals surface area contributed by atoms with Crippen molar-refractivity contribution in [3.05, 3.63) is 30.3 Å². The summed E-state index contributed by atoms with van der Waals surface area (Å²) in [7, 11) is -2.03. The van der Waals surface area contributed by atoms with E-state index < -0.39 is 16.1 Å². The van der Waals surface area contributed by atoms with E-state index in [9.17, 15) is 13.2 Å². The van der Waals surface area contributed by atoms with Gasteiger partial charge in [0.25, 0.3) is 0 Å². The molecular formula is C14H22N2O4S. The molecule has 1 unspecified atom stereocenters. The smallest absolute Gasteiger partial charge is 0.243 e. The highest BCUT2D eigenvalue weighted by Gasteiger charge is 2.30. The van der Waals surface area contributed by atoms with Gasteiger partial charge in [-0.1, -0.05) is 25.1 Å². The van der Waals surface area contributed by atoms with Gasteiger partial charge >= 0.3 is 0 Å². The summed E-state index contributed by atoms with van der Waals surface area (Å²) >= 11 is 0. The number of methoxy groups -OCH3 is 1. The van der Waals surface area contributed by atoms with Crippen molar-refractivity contribution in [3.63, 3.8) is 0 Å². The molecule has 1 amide bonds. The van der Waals surface area contributed by atoms with Crippen molar-refractivity contribution in [2.24, 2.45) is 0 Å². The first-order valence-corrected chi connectivity index (χ1v) is 8.57.